The summed E-state index contributed by atoms with van der Waals surface area (Å²) in [6.45, 7) is 5.24. The molecular formula is C14H26O5. The number of hydrogen-bond acceptors (Lipinski definition) is 5. The Morgan fingerprint density at radius 1 is 1.00 bits per heavy atom. The first-order valence-electron chi connectivity index (χ1n) is 7.04. The molecule has 5 heteroatoms. The van der Waals surface area contributed by atoms with Gasteiger partial charge < -0.3 is 14.6 Å². The number of hydrogen-bond donors (Lipinski definition) is 1. The number of aliphatic hydroxyl groups is 1. The van der Waals surface area contributed by atoms with Crippen LogP contribution in [0, 0.1) is 0 Å². The standard InChI is InChI=1S/C14H26O5/c1-4-5-6-7-8-9-10-18-14(17)12(3)19-13(16)11(2)15/h11-12,15H,4-10H2,1-3H3/t11-,12+/m0/s1. The lowest BCUT2D eigenvalue weighted by atomic mass is 10.1. The van der Waals surface area contributed by atoms with Crippen LogP contribution in [0.4, 0.5) is 0 Å². The van der Waals surface area contributed by atoms with Gasteiger partial charge in [0.05, 0.1) is 6.61 Å². The van der Waals surface area contributed by atoms with Crippen molar-refractivity contribution < 1.29 is 24.2 Å². The van der Waals surface area contributed by atoms with E-state index in [0.717, 1.165) is 19.3 Å². The van der Waals surface area contributed by atoms with E-state index in [2.05, 4.69) is 6.92 Å². The van der Waals surface area contributed by atoms with Gasteiger partial charge in [-0.05, 0) is 20.3 Å². The lowest BCUT2D eigenvalue weighted by Crippen LogP contribution is -2.30. The van der Waals surface area contributed by atoms with Crippen molar-refractivity contribution >= 4 is 11.9 Å². The molecule has 0 radical (unpaired) electrons. The quantitative estimate of drug-likeness (QED) is 0.488. The molecule has 0 spiro atoms. The molecule has 0 unspecified atom stereocenters. The summed E-state index contributed by atoms with van der Waals surface area (Å²) in [5, 5.41) is 8.94. The SMILES string of the molecule is CCCCCCCCOC(=O)[C@@H](C)OC(=O)[C@H](C)O. The Morgan fingerprint density at radius 3 is 2.16 bits per heavy atom. The van der Waals surface area contributed by atoms with Gasteiger partial charge in [0.15, 0.2) is 6.10 Å². The fourth-order valence-corrected chi connectivity index (χ4v) is 1.49. The van der Waals surface area contributed by atoms with Crippen molar-refractivity contribution in [2.45, 2.75) is 71.5 Å². The van der Waals surface area contributed by atoms with Crippen molar-refractivity contribution in [3.63, 3.8) is 0 Å². The maximum absolute atomic E-state index is 11.5. The van der Waals surface area contributed by atoms with Gasteiger partial charge in [-0.15, -0.1) is 0 Å². The topological polar surface area (TPSA) is 72.8 Å². The summed E-state index contributed by atoms with van der Waals surface area (Å²) in [5.74, 6) is -1.38. The van der Waals surface area contributed by atoms with Crippen LogP contribution >= 0.6 is 0 Å². The zero-order valence-corrected chi connectivity index (χ0v) is 12.2. The number of carbonyl (C=O) groups excluding carboxylic acids is 2. The van der Waals surface area contributed by atoms with Gasteiger partial charge in [0.1, 0.15) is 6.10 Å². The van der Waals surface area contributed by atoms with Crippen molar-refractivity contribution in [3.8, 4) is 0 Å². The molecule has 2 atom stereocenters. The van der Waals surface area contributed by atoms with E-state index < -0.39 is 24.1 Å². The van der Waals surface area contributed by atoms with Gasteiger partial charge in [0.25, 0.3) is 0 Å². The third kappa shape index (κ3) is 9.47. The number of esters is 2. The Bertz CT molecular complexity index is 263. The zero-order valence-electron chi connectivity index (χ0n) is 12.2. The van der Waals surface area contributed by atoms with E-state index in [4.69, 9.17) is 14.6 Å². The predicted octanol–water partition coefficient (Wildman–Crippen LogP) is 2.20. The molecule has 0 aromatic carbocycles. The molecule has 0 rings (SSSR count). The molecule has 0 amide bonds. The molecule has 0 aliphatic rings. The van der Waals surface area contributed by atoms with E-state index in [1.807, 2.05) is 0 Å². The molecule has 0 aromatic heterocycles. The molecule has 0 bridgehead atoms. The molecule has 5 nitrogen and oxygen atoms in total. The second-order valence-electron chi connectivity index (χ2n) is 4.69. The second-order valence-corrected chi connectivity index (χ2v) is 4.69. The van der Waals surface area contributed by atoms with Gasteiger partial charge in [0, 0.05) is 0 Å². The van der Waals surface area contributed by atoms with Crippen LogP contribution in [0.1, 0.15) is 59.3 Å². The molecule has 0 saturated heterocycles. The lowest BCUT2D eigenvalue weighted by Gasteiger charge is -2.13. The smallest absolute Gasteiger partial charge is 0.347 e. The predicted molar refractivity (Wildman–Crippen MR) is 71.6 cm³/mol. The average Bonchev–Trinajstić information content (AvgIpc) is 2.37. The van der Waals surface area contributed by atoms with Crippen LogP contribution in [0.3, 0.4) is 0 Å². The molecule has 19 heavy (non-hydrogen) atoms. The molecule has 0 fully saturated rings. The Hall–Kier alpha value is -1.10. The molecule has 0 aliphatic carbocycles. The fourth-order valence-electron chi connectivity index (χ4n) is 1.49. The van der Waals surface area contributed by atoms with Crippen molar-refractivity contribution in [2.24, 2.45) is 0 Å². The van der Waals surface area contributed by atoms with Gasteiger partial charge in [-0.2, -0.15) is 0 Å². The Balaban J connectivity index is 3.60. The highest BCUT2D eigenvalue weighted by molar-refractivity contribution is 5.80. The van der Waals surface area contributed by atoms with Crippen molar-refractivity contribution in [1.82, 2.24) is 0 Å². The first kappa shape index (κ1) is 17.9. The van der Waals surface area contributed by atoms with Crippen molar-refractivity contribution in [3.05, 3.63) is 0 Å². The van der Waals surface area contributed by atoms with Crippen molar-refractivity contribution in [2.75, 3.05) is 6.61 Å². The number of carbonyl (C=O) groups is 2. The van der Waals surface area contributed by atoms with Gasteiger partial charge >= 0.3 is 11.9 Å². The van der Waals surface area contributed by atoms with Crippen LogP contribution in [-0.4, -0.2) is 35.9 Å². The van der Waals surface area contributed by atoms with E-state index in [9.17, 15) is 9.59 Å². The van der Waals surface area contributed by atoms with Crippen LogP contribution in [0.5, 0.6) is 0 Å². The summed E-state index contributed by atoms with van der Waals surface area (Å²) in [4.78, 5) is 22.5. The minimum atomic E-state index is -1.23. The Kier molecular flexibility index (Phi) is 10.2. The first-order chi connectivity index (χ1) is 8.99. The summed E-state index contributed by atoms with van der Waals surface area (Å²) in [6.07, 6.45) is 4.48. The summed E-state index contributed by atoms with van der Waals surface area (Å²) in [7, 11) is 0. The summed E-state index contributed by atoms with van der Waals surface area (Å²) < 4.78 is 9.71. The highest BCUT2D eigenvalue weighted by atomic mass is 16.6. The zero-order chi connectivity index (χ0) is 14.7. The van der Waals surface area contributed by atoms with E-state index in [0.29, 0.717) is 6.61 Å². The Labute approximate surface area is 115 Å². The number of unbranched alkanes of at least 4 members (excludes halogenated alkanes) is 5. The largest absolute Gasteiger partial charge is 0.463 e. The minimum absolute atomic E-state index is 0.349. The first-order valence-corrected chi connectivity index (χ1v) is 7.04. The maximum atomic E-state index is 11.5. The summed E-state index contributed by atoms with van der Waals surface area (Å²) in [5.41, 5.74) is 0. The molecule has 112 valence electrons. The molecule has 0 saturated carbocycles. The normalized spacial score (nSPS) is 13.7. The van der Waals surface area contributed by atoms with Crippen LogP contribution < -0.4 is 0 Å². The summed E-state index contributed by atoms with van der Waals surface area (Å²) in [6, 6.07) is 0. The number of rotatable bonds is 10. The van der Waals surface area contributed by atoms with Crippen molar-refractivity contribution in [1.29, 1.82) is 0 Å². The van der Waals surface area contributed by atoms with E-state index in [-0.39, 0.29) is 0 Å². The average molecular weight is 274 g/mol. The van der Waals surface area contributed by atoms with Gasteiger partial charge in [-0.3, -0.25) is 0 Å². The van der Waals surface area contributed by atoms with Gasteiger partial charge in [0.2, 0.25) is 0 Å². The monoisotopic (exact) mass is 274 g/mol. The van der Waals surface area contributed by atoms with Crippen LogP contribution in [0.2, 0.25) is 0 Å². The maximum Gasteiger partial charge on any atom is 0.347 e. The fraction of sp³-hybridized carbons (Fsp3) is 0.857. The third-order valence-electron chi connectivity index (χ3n) is 2.71. The van der Waals surface area contributed by atoms with Crippen LogP contribution in [0.15, 0.2) is 0 Å². The van der Waals surface area contributed by atoms with Gasteiger partial charge in [-0.25, -0.2) is 9.59 Å². The van der Waals surface area contributed by atoms with Crippen LogP contribution in [-0.2, 0) is 19.1 Å². The third-order valence-corrected chi connectivity index (χ3v) is 2.71. The van der Waals surface area contributed by atoms with E-state index in [1.165, 1.54) is 33.1 Å². The van der Waals surface area contributed by atoms with Gasteiger partial charge in [-0.1, -0.05) is 39.0 Å². The molecule has 0 aromatic rings. The van der Waals surface area contributed by atoms with Crippen LogP contribution in [0.25, 0.3) is 0 Å². The second kappa shape index (κ2) is 10.8. The molecule has 0 heterocycles. The summed E-state index contributed by atoms with van der Waals surface area (Å²) >= 11 is 0. The van der Waals surface area contributed by atoms with E-state index in [1.54, 1.807) is 0 Å². The Morgan fingerprint density at radius 2 is 1.58 bits per heavy atom. The lowest BCUT2D eigenvalue weighted by molar-refractivity contribution is -0.171. The minimum Gasteiger partial charge on any atom is -0.463 e. The molecule has 0 aliphatic heterocycles. The number of ether oxygens (including phenoxy) is 2. The highest BCUT2D eigenvalue weighted by Crippen LogP contribution is 2.05. The van der Waals surface area contributed by atoms with E-state index >= 15 is 0 Å². The highest BCUT2D eigenvalue weighted by Gasteiger charge is 2.21. The molecule has 1 N–H and O–H groups in total. The molecular weight excluding hydrogens is 248 g/mol. The number of aliphatic hydroxyl groups excluding tert-OH is 1.